The number of likely N-dealkylation sites (tertiary alicyclic amines) is 1. The van der Waals surface area contributed by atoms with E-state index >= 15 is 0 Å². The van der Waals surface area contributed by atoms with Crippen LogP contribution < -0.4 is 9.46 Å². The lowest BCUT2D eigenvalue weighted by atomic mass is 9.89. The summed E-state index contributed by atoms with van der Waals surface area (Å²) in [6, 6.07) is 7.99. The normalized spacial score (nSPS) is 22.2. The maximum absolute atomic E-state index is 14.7. The zero-order valence-corrected chi connectivity index (χ0v) is 33.9. The fraction of sp³-hybridized carbons (Fsp3) is 0.415. The van der Waals surface area contributed by atoms with Gasteiger partial charge in [-0.2, -0.15) is 18.2 Å². The molecule has 314 valence electrons. The number of carbonyl (C=O) groups excluding carboxylic acids is 3. The average molecular weight is 866 g/mol. The van der Waals surface area contributed by atoms with Crippen molar-refractivity contribution in [2.75, 3.05) is 6.54 Å². The Labute approximate surface area is 347 Å². The number of allylic oxidation sites excluding steroid dienone is 1. The minimum absolute atomic E-state index is 0.0119. The molecule has 1 aliphatic heterocycles. The molecule has 3 aliphatic rings. The first-order valence-electron chi connectivity index (χ1n) is 19.4. The van der Waals surface area contributed by atoms with Crippen LogP contribution in [0.15, 0.2) is 71.9 Å². The molecule has 5 heterocycles. The lowest BCUT2D eigenvalue weighted by Gasteiger charge is -2.30. The Hall–Kier alpha value is -5.49. The number of nitrogens with zero attached hydrogens (tertiary/aromatic N) is 6. The van der Waals surface area contributed by atoms with Crippen molar-refractivity contribution in [1.29, 1.82) is 0 Å². The first-order valence-corrected chi connectivity index (χ1v) is 21.3. The minimum atomic E-state index is -4.57. The highest BCUT2D eigenvalue weighted by Gasteiger charge is 2.61. The monoisotopic (exact) mass is 865 g/mol. The van der Waals surface area contributed by atoms with E-state index in [-0.39, 0.29) is 71.7 Å². The molecule has 1 N–H and O–H groups in total. The van der Waals surface area contributed by atoms with Crippen molar-refractivity contribution >= 4 is 61.4 Å². The van der Waals surface area contributed by atoms with Crippen molar-refractivity contribution in [1.82, 2.24) is 34.5 Å². The Kier molecular flexibility index (Phi) is 10.7. The van der Waals surface area contributed by atoms with Crippen molar-refractivity contribution in [2.24, 2.45) is 23.2 Å². The molecule has 8 rings (SSSR count). The van der Waals surface area contributed by atoms with E-state index in [1.54, 1.807) is 12.1 Å². The molecule has 60 heavy (non-hydrogen) atoms. The molecule has 14 nitrogen and oxygen atoms in total. The van der Waals surface area contributed by atoms with Gasteiger partial charge in [-0.25, -0.2) is 23.4 Å². The second kappa shape index (κ2) is 15.5. The van der Waals surface area contributed by atoms with Crippen molar-refractivity contribution in [3.05, 3.63) is 84.1 Å². The summed E-state index contributed by atoms with van der Waals surface area (Å²) in [7, 11) is -3.92. The number of ether oxygens (including phenoxy) is 1. The number of hydrogen-bond acceptors (Lipinski definition) is 12. The Morgan fingerprint density at radius 2 is 1.82 bits per heavy atom. The third kappa shape index (κ3) is 8.06. The van der Waals surface area contributed by atoms with Gasteiger partial charge >= 0.3 is 6.18 Å². The van der Waals surface area contributed by atoms with E-state index < -0.39 is 74.0 Å². The SMILES string of the molecule is C=C[C@@H]1C[C@]1(CC(=O)[C@@H]1C[C@@H](Oc2nc(-c3ccc(C(F)(F)F)cc3)nc3c2oc2cccnc23)CN1C(=O)[C@@H](Cc1nccc(Cl)n1)C(C)C)C(=O)NS(=O)(=O)C1CC1. The van der Waals surface area contributed by atoms with Crippen LogP contribution in [0.5, 0.6) is 5.88 Å². The third-order valence-corrected chi connectivity index (χ3v) is 13.5. The van der Waals surface area contributed by atoms with Crippen molar-refractivity contribution in [3.63, 3.8) is 0 Å². The fourth-order valence-electron chi connectivity index (χ4n) is 7.85. The number of rotatable bonds is 14. The number of carbonyl (C=O) groups is 3. The van der Waals surface area contributed by atoms with Gasteiger partial charge < -0.3 is 14.1 Å². The minimum Gasteiger partial charge on any atom is -0.470 e. The average Bonchev–Trinajstić information content (AvgIpc) is 4.11. The summed E-state index contributed by atoms with van der Waals surface area (Å²) < 4.78 is 80.7. The molecule has 4 aromatic heterocycles. The quantitative estimate of drug-likeness (QED) is 0.0942. The summed E-state index contributed by atoms with van der Waals surface area (Å²) in [4.78, 5) is 66.4. The lowest BCUT2D eigenvalue weighted by Crippen LogP contribution is -2.47. The number of sulfonamides is 1. The van der Waals surface area contributed by atoms with Crippen LogP contribution in [0, 0.1) is 23.2 Å². The number of hydrogen-bond donors (Lipinski definition) is 1. The van der Waals surface area contributed by atoms with Gasteiger partial charge in [0.15, 0.2) is 17.2 Å². The Morgan fingerprint density at radius 1 is 1.07 bits per heavy atom. The van der Waals surface area contributed by atoms with Gasteiger partial charge in [-0.05, 0) is 61.4 Å². The van der Waals surface area contributed by atoms with Gasteiger partial charge in [-0.15, -0.1) is 6.58 Å². The van der Waals surface area contributed by atoms with Gasteiger partial charge in [-0.1, -0.05) is 43.7 Å². The first kappa shape index (κ1) is 41.3. The van der Waals surface area contributed by atoms with Gasteiger partial charge in [0.25, 0.3) is 5.88 Å². The van der Waals surface area contributed by atoms with E-state index in [9.17, 15) is 36.0 Å². The van der Waals surface area contributed by atoms with Gasteiger partial charge in [0.1, 0.15) is 28.1 Å². The van der Waals surface area contributed by atoms with E-state index in [2.05, 4.69) is 36.2 Å². The van der Waals surface area contributed by atoms with E-state index in [4.69, 9.17) is 20.8 Å². The van der Waals surface area contributed by atoms with Crippen LogP contribution in [-0.2, 0) is 37.0 Å². The van der Waals surface area contributed by atoms with Crippen LogP contribution in [0.4, 0.5) is 13.2 Å². The van der Waals surface area contributed by atoms with Crippen LogP contribution in [0.1, 0.15) is 57.3 Å². The number of nitrogens with one attached hydrogen (secondary N) is 1. The zero-order valence-electron chi connectivity index (χ0n) is 32.4. The second-order valence-corrected chi connectivity index (χ2v) is 18.3. The molecular formula is C41H39ClF3N7O7S. The van der Waals surface area contributed by atoms with Crippen LogP contribution in [0.3, 0.4) is 0 Å². The largest absolute Gasteiger partial charge is 0.470 e. The summed E-state index contributed by atoms with van der Waals surface area (Å²) in [5, 5.41) is -0.471. The van der Waals surface area contributed by atoms with E-state index in [1.165, 1.54) is 41.6 Å². The van der Waals surface area contributed by atoms with Gasteiger partial charge in [0, 0.05) is 43.1 Å². The molecular weight excluding hydrogens is 827 g/mol. The van der Waals surface area contributed by atoms with Crippen molar-refractivity contribution < 1.29 is 45.1 Å². The maximum atomic E-state index is 14.7. The highest BCUT2D eigenvalue weighted by Crippen LogP contribution is 2.57. The van der Waals surface area contributed by atoms with E-state index in [0.29, 0.717) is 29.8 Å². The maximum Gasteiger partial charge on any atom is 0.416 e. The van der Waals surface area contributed by atoms with E-state index in [0.717, 1.165) is 12.1 Å². The molecule has 5 atom stereocenters. The highest BCUT2D eigenvalue weighted by atomic mass is 35.5. The highest BCUT2D eigenvalue weighted by molar-refractivity contribution is 7.90. The Balaban J connectivity index is 1.14. The van der Waals surface area contributed by atoms with Crippen LogP contribution in [0.2, 0.25) is 5.15 Å². The number of halogens is 4. The molecule has 0 bridgehead atoms. The van der Waals surface area contributed by atoms with Crippen molar-refractivity contribution in [3.8, 4) is 17.3 Å². The smallest absolute Gasteiger partial charge is 0.416 e. The molecule has 0 radical (unpaired) electrons. The molecule has 0 spiro atoms. The number of aromatic nitrogens is 5. The first-order chi connectivity index (χ1) is 28.5. The summed E-state index contributed by atoms with van der Waals surface area (Å²) in [6.45, 7) is 7.39. The van der Waals surface area contributed by atoms with Gasteiger partial charge in [0.05, 0.1) is 28.8 Å². The van der Waals surface area contributed by atoms with Crippen LogP contribution in [-0.4, -0.2) is 79.8 Å². The molecule has 5 aromatic rings. The van der Waals surface area contributed by atoms with Crippen LogP contribution >= 0.6 is 11.6 Å². The molecule has 0 unspecified atom stereocenters. The lowest BCUT2D eigenvalue weighted by molar-refractivity contribution is -0.143. The molecule has 2 saturated carbocycles. The number of Topliss-reactive ketones (excluding diaryl/α,β-unsaturated/α-hetero) is 1. The fourth-order valence-corrected chi connectivity index (χ4v) is 9.39. The van der Waals surface area contributed by atoms with Gasteiger partial charge in [0.2, 0.25) is 27.4 Å². The van der Waals surface area contributed by atoms with Crippen molar-refractivity contribution in [2.45, 2.75) is 75.9 Å². The number of fused-ring (bicyclic) bond motifs is 3. The van der Waals surface area contributed by atoms with Crippen LogP contribution in [0.25, 0.3) is 33.6 Å². The predicted octanol–water partition coefficient (Wildman–Crippen LogP) is 6.52. The molecule has 19 heteroatoms. The molecule has 2 amide bonds. The topological polar surface area (TPSA) is 187 Å². The molecule has 2 aliphatic carbocycles. The number of pyridine rings is 1. The van der Waals surface area contributed by atoms with E-state index in [1.807, 2.05) is 13.8 Å². The number of amides is 2. The standard InChI is InChI=1S/C41H39ClF3N7O7S/c1-4-23-18-40(23,39(55)51-60(56,57)26-11-12-26)19-29(53)28-16-25(20-52(28)38(54)27(21(2)3)17-32-46-15-13-31(42)48-32)58-37-35-34(33-30(59-35)6-5-14-47-33)49-36(50-37)22-7-9-24(10-8-22)41(43,44)45/h4-10,13-15,21,23,25-28H,1,11-12,16-20H2,2-3H3,(H,51,55)/t23-,25-,27+,28+,40-/m1/s1. The Morgan fingerprint density at radius 3 is 2.47 bits per heavy atom. The second-order valence-electron chi connectivity index (χ2n) is 15.9. The van der Waals surface area contributed by atoms with Gasteiger partial charge in [-0.3, -0.25) is 24.1 Å². The summed E-state index contributed by atoms with van der Waals surface area (Å²) >= 11 is 6.14. The Bertz CT molecular complexity index is 2640. The molecule has 1 aromatic carbocycles. The third-order valence-electron chi connectivity index (χ3n) is 11.5. The summed E-state index contributed by atoms with van der Waals surface area (Å²) in [5.41, 5.74) is -0.996. The number of benzene rings is 1. The number of ketones is 1. The molecule has 1 saturated heterocycles. The summed E-state index contributed by atoms with van der Waals surface area (Å²) in [6.07, 6.45) is -0.193. The predicted molar refractivity (Wildman–Crippen MR) is 212 cm³/mol. The number of alkyl halides is 3. The molecule has 3 fully saturated rings. The number of furan rings is 1. The summed E-state index contributed by atoms with van der Waals surface area (Å²) in [5.74, 6) is -2.90. The zero-order chi connectivity index (χ0) is 42.7.